The van der Waals surface area contributed by atoms with Crippen molar-refractivity contribution >= 4 is 56.0 Å². The number of ether oxygens (including phenoxy) is 1. The normalized spacial score (nSPS) is 15.2. The van der Waals surface area contributed by atoms with E-state index >= 15 is 0 Å². The molecular formula is C25H28Cl2N4O4S. The quantitative estimate of drug-likeness (QED) is 0.415. The maximum Gasteiger partial charge on any atom is 0.360 e. The predicted molar refractivity (Wildman–Crippen MR) is 142 cm³/mol. The summed E-state index contributed by atoms with van der Waals surface area (Å²) in [5, 5.41) is 0.628. The molecule has 3 aromatic rings. The number of rotatable bonds is 5. The van der Waals surface area contributed by atoms with E-state index in [1.54, 1.807) is 19.1 Å². The lowest BCUT2D eigenvalue weighted by molar-refractivity contribution is 0.0520. The van der Waals surface area contributed by atoms with E-state index in [9.17, 15) is 13.2 Å². The number of aromatic nitrogens is 2. The fourth-order valence-electron chi connectivity index (χ4n) is 4.65. The molecule has 0 N–H and O–H groups in total. The second kappa shape index (κ2) is 10.5. The second-order valence-corrected chi connectivity index (χ2v) is 11.5. The smallest absolute Gasteiger partial charge is 0.360 e. The molecule has 1 aliphatic heterocycles. The molecule has 0 bridgehead atoms. The molecule has 0 amide bonds. The third-order valence-electron chi connectivity index (χ3n) is 6.11. The van der Waals surface area contributed by atoms with Crippen molar-refractivity contribution < 1.29 is 17.9 Å². The van der Waals surface area contributed by atoms with Crippen molar-refractivity contribution in [3.05, 3.63) is 56.7 Å². The molecule has 0 atom stereocenters. The monoisotopic (exact) mass is 550 g/mol. The van der Waals surface area contributed by atoms with Crippen LogP contribution >= 0.6 is 23.2 Å². The van der Waals surface area contributed by atoms with E-state index in [2.05, 4.69) is 9.97 Å². The number of fused-ring (bicyclic) bond motifs is 1. The van der Waals surface area contributed by atoms with Gasteiger partial charge in [0.15, 0.2) is 11.5 Å². The van der Waals surface area contributed by atoms with Crippen LogP contribution in [0, 0.1) is 20.8 Å². The maximum absolute atomic E-state index is 13.6. The molecule has 0 unspecified atom stereocenters. The van der Waals surface area contributed by atoms with E-state index < -0.39 is 16.0 Å². The van der Waals surface area contributed by atoms with Crippen LogP contribution in [0.25, 0.3) is 11.0 Å². The first-order valence-corrected chi connectivity index (χ1v) is 13.9. The van der Waals surface area contributed by atoms with E-state index in [-0.39, 0.29) is 18.8 Å². The summed E-state index contributed by atoms with van der Waals surface area (Å²) in [5.41, 5.74) is 3.44. The second-order valence-electron chi connectivity index (χ2n) is 8.84. The standard InChI is InChI=1S/C25H28Cl2N4O4S/c1-5-35-25(32)22-24(29-21-14-19(27)18(26)13-20(21)28-22)30-7-6-8-31(10-9-30)36(33,34)23-16(3)11-15(2)12-17(23)4/h11-14H,5-10H2,1-4H3. The van der Waals surface area contributed by atoms with Crippen LogP contribution in [0.5, 0.6) is 0 Å². The summed E-state index contributed by atoms with van der Waals surface area (Å²) in [6.07, 6.45) is 0.548. The maximum atomic E-state index is 13.6. The van der Waals surface area contributed by atoms with Crippen LogP contribution in [-0.4, -0.2) is 61.4 Å². The van der Waals surface area contributed by atoms with Crippen molar-refractivity contribution in [3.8, 4) is 0 Å². The highest BCUT2D eigenvalue weighted by Crippen LogP contribution is 2.30. The highest BCUT2D eigenvalue weighted by Gasteiger charge is 2.31. The Labute approximate surface area is 221 Å². The molecule has 2 aromatic carbocycles. The SMILES string of the molecule is CCOC(=O)c1nc2cc(Cl)c(Cl)cc2nc1N1CCCN(S(=O)(=O)c2c(C)cc(C)cc2C)CC1. The Kier molecular flexibility index (Phi) is 7.75. The summed E-state index contributed by atoms with van der Waals surface area (Å²) in [7, 11) is -3.70. The van der Waals surface area contributed by atoms with E-state index in [1.165, 1.54) is 4.31 Å². The topological polar surface area (TPSA) is 92.7 Å². The van der Waals surface area contributed by atoms with Crippen molar-refractivity contribution in [3.63, 3.8) is 0 Å². The number of carbonyl (C=O) groups is 1. The molecule has 0 spiro atoms. The number of esters is 1. The molecule has 4 rings (SSSR count). The van der Waals surface area contributed by atoms with Gasteiger partial charge in [0.2, 0.25) is 10.0 Å². The van der Waals surface area contributed by atoms with Gasteiger partial charge in [-0.15, -0.1) is 0 Å². The average molecular weight is 551 g/mol. The zero-order chi connectivity index (χ0) is 26.2. The number of aryl methyl sites for hydroxylation is 3. The minimum atomic E-state index is -3.70. The lowest BCUT2D eigenvalue weighted by Gasteiger charge is -2.25. The highest BCUT2D eigenvalue weighted by atomic mass is 35.5. The van der Waals surface area contributed by atoms with Crippen molar-refractivity contribution in [2.45, 2.75) is 39.0 Å². The summed E-state index contributed by atoms with van der Waals surface area (Å²) < 4.78 is 34.0. The molecular weight excluding hydrogens is 523 g/mol. The van der Waals surface area contributed by atoms with Crippen LogP contribution in [-0.2, 0) is 14.8 Å². The van der Waals surface area contributed by atoms with Gasteiger partial charge in [-0.25, -0.2) is 23.2 Å². The van der Waals surface area contributed by atoms with Gasteiger partial charge in [-0.2, -0.15) is 4.31 Å². The van der Waals surface area contributed by atoms with Crippen LogP contribution in [0.1, 0.15) is 40.5 Å². The minimum Gasteiger partial charge on any atom is -0.461 e. The lowest BCUT2D eigenvalue weighted by Crippen LogP contribution is -2.36. The van der Waals surface area contributed by atoms with E-state index in [0.717, 1.165) is 16.7 Å². The largest absolute Gasteiger partial charge is 0.461 e. The summed E-state index contributed by atoms with van der Waals surface area (Å²) in [6, 6.07) is 6.93. The average Bonchev–Trinajstić information content (AvgIpc) is 3.05. The Balaban J connectivity index is 1.70. The van der Waals surface area contributed by atoms with Gasteiger partial charge in [-0.3, -0.25) is 0 Å². The zero-order valence-corrected chi connectivity index (χ0v) is 23.0. The molecule has 8 nitrogen and oxygen atoms in total. The number of hydrogen-bond donors (Lipinski definition) is 0. The molecule has 1 saturated heterocycles. The van der Waals surface area contributed by atoms with E-state index in [4.69, 9.17) is 27.9 Å². The molecule has 0 aliphatic carbocycles. The number of carbonyl (C=O) groups excluding carboxylic acids is 1. The summed E-state index contributed by atoms with van der Waals surface area (Å²) in [5.74, 6) is -0.270. The van der Waals surface area contributed by atoms with Crippen LogP contribution in [0.4, 0.5) is 5.82 Å². The van der Waals surface area contributed by atoms with Gasteiger partial charge in [-0.1, -0.05) is 40.9 Å². The third-order valence-corrected chi connectivity index (χ3v) is 9.04. The van der Waals surface area contributed by atoms with Gasteiger partial charge in [0.05, 0.1) is 32.6 Å². The van der Waals surface area contributed by atoms with Gasteiger partial charge in [0, 0.05) is 26.2 Å². The Morgan fingerprint density at radius 1 is 0.944 bits per heavy atom. The summed E-state index contributed by atoms with van der Waals surface area (Å²) in [4.78, 5) is 24.2. The zero-order valence-electron chi connectivity index (χ0n) is 20.6. The molecule has 1 fully saturated rings. The predicted octanol–water partition coefficient (Wildman–Crippen LogP) is 4.94. The van der Waals surface area contributed by atoms with Crippen molar-refractivity contribution in [2.24, 2.45) is 0 Å². The number of benzene rings is 2. The first-order chi connectivity index (χ1) is 17.0. The molecule has 11 heteroatoms. The van der Waals surface area contributed by atoms with E-state index in [0.29, 0.717) is 57.8 Å². The fourth-order valence-corrected chi connectivity index (χ4v) is 6.85. The van der Waals surface area contributed by atoms with Gasteiger partial charge in [0.1, 0.15) is 0 Å². The van der Waals surface area contributed by atoms with Crippen LogP contribution < -0.4 is 4.90 Å². The van der Waals surface area contributed by atoms with Crippen LogP contribution in [0.2, 0.25) is 10.0 Å². The molecule has 1 aliphatic rings. The van der Waals surface area contributed by atoms with Crippen LogP contribution in [0.15, 0.2) is 29.2 Å². The molecule has 192 valence electrons. The number of sulfonamides is 1. The molecule has 0 saturated carbocycles. The molecule has 1 aromatic heterocycles. The van der Waals surface area contributed by atoms with E-state index in [1.807, 2.05) is 37.8 Å². The van der Waals surface area contributed by atoms with Gasteiger partial charge < -0.3 is 9.64 Å². The third kappa shape index (κ3) is 5.16. The fraction of sp³-hybridized carbons (Fsp3) is 0.400. The molecule has 2 heterocycles. The van der Waals surface area contributed by atoms with Crippen LogP contribution in [0.3, 0.4) is 0 Å². The Morgan fingerprint density at radius 2 is 1.56 bits per heavy atom. The van der Waals surface area contributed by atoms with Crippen molar-refractivity contribution in [1.29, 1.82) is 0 Å². The lowest BCUT2D eigenvalue weighted by atomic mass is 10.1. The Bertz CT molecular complexity index is 1420. The summed E-state index contributed by atoms with van der Waals surface area (Å²) >= 11 is 12.3. The van der Waals surface area contributed by atoms with Crippen molar-refractivity contribution in [1.82, 2.24) is 14.3 Å². The number of halogens is 2. The van der Waals surface area contributed by atoms with Gasteiger partial charge in [-0.05, 0) is 57.4 Å². The van der Waals surface area contributed by atoms with Gasteiger partial charge in [0.25, 0.3) is 0 Å². The highest BCUT2D eigenvalue weighted by molar-refractivity contribution is 7.89. The Morgan fingerprint density at radius 3 is 2.17 bits per heavy atom. The first-order valence-electron chi connectivity index (χ1n) is 11.7. The summed E-state index contributed by atoms with van der Waals surface area (Å²) in [6.45, 7) is 8.90. The minimum absolute atomic E-state index is 0.0595. The Hall–Kier alpha value is -2.46. The first kappa shape index (κ1) is 26.6. The molecule has 0 radical (unpaired) electrons. The van der Waals surface area contributed by atoms with Gasteiger partial charge >= 0.3 is 5.97 Å². The number of hydrogen-bond acceptors (Lipinski definition) is 7. The number of anilines is 1. The van der Waals surface area contributed by atoms with Crippen molar-refractivity contribution in [2.75, 3.05) is 37.7 Å². The number of nitrogens with zero attached hydrogens (tertiary/aromatic N) is 4. The molecule has 36 heavy (non-hydrogen) atoms.